The average molecular weight is 201 g/mol. The highest BCUT2D eigenvalue weighted by Gasteiger charge is 2.26. The molecule has 3 N–H and O–H groups in total. The third-order valence-electron chi connectivity index (χ3n) is 2.02. The molecule has 0 unspecified atom stereocenters. The van der Waals surface area contributed by atoms with E-state index in [0.717, 1.165) is 6.07 Å². The van der Waals surface area contributed by atoms with E-state index in [1.54, 1.807) is 0 Å². The minimum atomic E-state index is -0.652. The summed E-state index contributed by atoms with van der Waals surface area (Å²) in [4.78, 5) is 11.2. The predicted octanol–water partition coefficient (Wildman–Crippen LogP) is 1.30. The van der Waals surface area contributed by atoms with Gasteiger partial charge in [-0.15, -0.1) is 0 Å². The van der Waals surface area contributed by atoms with Crippen molar-refractivity contribution < 1.29 is 9.18 Å². The molecule has 3 nitrogen and oxygen atoms in total. The number of nitrogen functional groups attached to an aromatic ring is 1. The number of carbonyl (C=O) groups is 1. The van der Waals surface area contributed by atoms with Crippen LogP contribution in [0.25, 0.3) is 0 Å². The summed E-state index contributed by atoms with van der Waals surface area (Å²) in [5.41, 5.74) is 6.01. The van der Waals surface area contributed by atoms with Crippen molar-refractivity contribution in [2.75, 3.05) is 5.73 Å². The Morgan fingerprint density at radius 1 is 1.62 bits per heavy atom. The van der Waals surface area contributed by atoms with E-state index < -0.39 is 5.82 Å². The first-order valence-electron chi connectivity index (χ1n) is 3.66. The molecule has 5 heteroatoms. The fourth-order valence-corrected chi connectivity index (χ4v) is 1.62. The molecule has 0 saturated heterocycles. The lowest BCUT2D eigenvalue weighted by molar-refractivity contribution is 0.0966. The number of benzene rings is 1. The Morgan fingerprint density at radius 2 is 2.31 bits per heavy atom. The summed E-state index contributed by atoms with van der Waals surface area (Å²) in [6.07, 6.45) is 0. The van der Waals surface area contributed by atoms with Crippen molar-refractivity contribution in [1.82, 2.24) is 5.32 Å². The van der Waals surface area contributed by atoms with Gasteiger partial charge in [-0.05, 0) is 6.07 Å². The molecule has 1 amide bonds. The van der Waals surface area contributed by atoms with Crippen LogP contribution in [0.2, 0.25) is 5.02 Å². The van der Waals surface area contributed by atoms with Crippen LogP contribution in [0.1, 0.15) is 15.9 Å². The number of halogens is 2. The molecule has 0 spiro atoms. The molecule has 0 saturated carbocycles. The quantitative estimate of drug-likeness (QED) is 0.621. The molecule has 1 aliphatic rings. The van der Waals surface area contributed by atoms with E-state index in [-0.39, 0.29) is 22.2 Å². The Kier molecular flexibility index (Phi) is 1.66. The number of nitrogens with two attached hydrogens (primary N) is 1. The monoisotopic (exact) mass is 200 g/mol. The molecule has 0 aromatic heterocycles. The maximum atomic E-state index is 13.0. The highest BCUT2D eigenvalue weighted by atomic mass is 35.5. The summed E-state index contributed by atoms with van der Waals surface area (Å²) in [5.74, 6) is -1.02. The minimum absolute atomic E-state index is 0.130. The van der Waals surface area contributed by atoms with E-state index in [2.05, 4.69) is 5.32 Å². The molecule has 1 aromatic carbocycles. The molecule has 0 aliphatic carbocycles. The summed E-state index contributed by atoms with van der Waals surface area (Å²) in [6, 6.07) is 1.12. The van der Waals surface area contributed by atoms with Crippen molar-refractivity contribution in [3.05, 3.63) is 28.0 Å². The van der Waals surface area contributed by atoms with Crippen LogP contribution in [0.4, 0.5) is 10.1 Å². The standard InChI is InChI=1S/C8H6ClFN2O/c9-4-1-5(10)7(11)6-3(4)2-12-8(6)13/h1H,2,11H2,(H,12,13). The number of rotatable bonds is 0. The van der Waals surface area contributed by atoms with Gasteiger partial charge >= 0.3 is 0 Å². The molecule has 68 valence electrons. The van der Waals surface area contributed by atoms with Crippen LogP contribution in [-0.4, -0.2) is 5.91 Å². The van der Waals surface area contributed by atoms with E-state index >= 15 is 0 Å². The topological polar surface area (TPSA) is 55.1 Å². The van der Waals surface area contributed by atoms with Crippen LogP contribution < -0.4 is 11.1 Å². The van der Waals surface area contributed by atoms with Gasteiger partial charge in [-0.2, -0.15) is 0 Å². The summed E-state index contributed by atoms with van der Waals surface area (Å²) >= 11 is 5.72. The first-order valence-corrected chi connectivity index (χ1v) is 4.03. The SMILES string of the molecule is Nc1c(F)cc(Cl)c2c1C(=O)NC2. The summed E-state index contributed by atoms with van der Waals surface area (Å²) < 4.78 is 13.0. The third kappa shape index (κ3) is 1.06. The number of hydrogen-bond acceptors (Lipinski definition) is 2. The maximum Gasteiger partial charge on any atom is 0.254 e. The van der Waals surface area contributed by atoms with Gasteiger partial charge in [0.25, 0.3) is 5.91 Å². The van der Waals surface area contributed by atoms with Gasteiger partial charge in [-0.3, -0.25) is 4.79 Å². The lowest BCUT2D eigenvalue weighted by atomic mass is 10.1. The first kappa shape index (κ1) is 8.31. The molecule has 0 bridgehead atoms. The second-order valence-corrected chi connectivity index (χ2v) is 3.20. The molecule has 1 aromatic rings. The number of hydrogen-bond donors (Lipinski definition) is 2. The molecular formula is C8H6ClFN2O. The van der Waals surface area contributed by atoms with Gasteiger partial charge in [0.1, 0.15) is 5.82 Å². The van der Waals surface area contributed by atoms with E-state index in [1.165, 1.54) is 0 Å². The van der Waals surface area contributed by atoms with Crippen molar-refractivity contribution in [3.8, 4) is 0 Å². The molecule has 2 rings (SSSR count). The second kappa shape index (κ2) is 2.60. The second-order valence-electron chi connectivity index (χ2n) is 2.79. The fraction of sp³-hybridized carbons (Fsp3) is 0.125. The zero-order valence-corrected chi connectivity index (χ0v) is 7.28. The minimum Gasteiger partial charge on any atom is -0.396 e. The maximum absolute atomic E-state index is 13.0. The van der Waals surface area contributed by atoms with Gasteiger partial charge < -0.3 is 11.1 Å². The van der Waals surface area contributed by atoms with Crippen molar-refractivity contribution >= 4 is 23.2 Å². The highest BCUT2D eigenvalue weighted by molar-refractivity contribution is 6.32. The molecule has 0 radical (unpaired) electrons. The van der Waals surface area contributed by atoms with Crippen molar-refractivity contribution in [1.29, 1.82) is 0 Å². The predicted molar refractivity (Wildman–Crippen MR) is 47.0 cm³/mol. The van der Waals surface area contributed by atoms with Gasteiger partial charge in [-0.25, -0.2) is 4.39 Å². The van der Waals surface area contributed by atoms with Crippen LogP contribution in [0, 0.1) is 5.82 Å². The summed E-state index contributed by atoms with van der Waals surface area (Å²) in [5, 5.41) is 2.76. The molecule has 1 heterocycles. The Balaban J connectivity index is 2.77. The van der Waals surface area contributed by atoms with E-state index in [4.69, 9.17) is 17.3 Å². The van der Waals surface area contributed by atoms with Crippen LogP contribution in [0.15, 0.2) is 6.07 Å². The zero-order valence-electron chi connectivity index (χ0n) is 6.53. The normalized spacial score (nSPS) is 14.2. The molecule has 0 fully saturated rings. The summed E-state index contributed by atoms with van der Waals surface area (Å²) in [7, 11) is 0. The van der Waals surface area contributed by atoms with E-state index in [1.807, 2.05) is 0 Å². The van der Waals surface area contributed by atoms with Gasteiger partial charge in [0.15, 0.2) is 0 Å². The zero-order chi connectivity index (χ0) is 9.59. The van der Waals surface area contributed by atoms with Gasteiger partial charge in [0.05, 0.1) is 11.3 Å². The molecule has 1 aliphatic heterocycles. The third-order valence-corrected chi connectivity index (χ3v) is 2.36. The number of fused-ring (bicyclic) bond motifs is 1. The fourth-order valence-electron chi connectivity index (χ4n) is 1.37. The lowest BCUT2D eigenvalue weighted by Crippen LogP contribution is -2.14. The number of anilines is 1. The Labute approximate surface area is 78.7 Å². The van der Waals surface area contributed by atoms with Crippen molar-refractivity contribution in [2.24, 2.45) is 0 Å². The van der Waals surface area contributed by atoms with Crippen LogP contribution in [-0.2, 0) is 6.54 Å². The average Bonchev–Trinajstić information content (AvgIpc) is 2.44. The lowest BCUT2D eigenvalue weighted by Gasteiger charge is -2.03. The van der Waals surface area contributed by atoms with Gasteiger partial charge in [0.2, 0.25) is 0 Å². The van der Waals surface area contributed by atoms with Crippen LogP contribution in [0.5, 0.6) is 0 Å². The molecular weight excluding hydrogens is 195 g/mol. The number of carbonyl (C=O) groups excluding carboxylic acids is 1. The highest BCUT2D eigenvalue weighted by Crippen LogP contribution is 2.30. The molecule has 0 atom stereocenters. The van der Waals surface area contributed by atoms with Crippen LogP contribution in [0.3, 0.4) is 0 Å². The Bertz CT molecular complexity index is 406. The van der Waals surface area contributed by atoms with Crippen LogP contribution >= 0.6 is 11.6 Å². The van der Waals surface area contributed by atoms with E-state index in [0.29, 0.717) is 12.1 Å². The van der Waals surface area contributed by atoms with Crippen molar-refractivity contribution in [3.63, 3.8) is 0 Å². The first-order chi connectivity index (χ1) is 6.11. The van der Waals surface area contributed by atoms with Gasteiger partial charge in [-0.1, -0.05) is 11.6 Å². The smallest absolute Gasteiger partial charge is 0.254 e. The number of nitrogens with one attached hydrogen (secondary N) is 1. The van der Waals surface area contributed by atoms with E-state index in [9.17, 15) is 9.18 Å². The Morgan fingerprint density at radius 3 is 3.00 bits per heavy atom. The summed E-state index contributed by atoms with van der Waals surface area (Å²) in [6.45, 7) is 0.317. The Hall–Kier alpha value is -1.29. The van der Waals surface area contributed by atoms with Gasteiger partial charge in [0, 0.05) is 17.1 Å². The molecule has 13 heavy (non-hydrogen) atoms. The number of amides is 1. The largest absolute Gasteiger partial charge is 0.396 e. The van der Waals surface area contributed by atoms with Crippen molar-refractivity contribution in [2.45, 2.75) is 6.54 Å².